The second kappa shape index (κ2) is 9.06. The molecule has 7 heteroatoms. The third-order valence-corrected chi connectivity index (χ3v) is 7.30. The zero-order valence-corrected chi connectivity index (χ0v) is 18.9. The van der Waals surface area contributed by atoms with Crippen LogP contribution in [0.3, 0.4) is 0 Å². The Morgan fingerprint density at radius 3 is 2.88 bits per heavy atom. The lowest BCUT2D eigenvalue weighted by Crippen LogP contribution is -2.49. The molecule has 174 valence electrons. The highest BCUT2D eigenvalue weighted by atomic mass is 19.1. The standard InChI is InChI=1S/C26H31FN4O2/c1-29-24-10-7-19(26(28)32)21-12-18(14-33-25(21)24)31-22(15-3-2-4-15)8-5-16-13-30-23-9-6-17(27)11-20(16)23/h6-7,9-11,13,15,18,22,29-31H,2-5,8,12,14H2,1H3,(H2,28,32). The van der Waals surface area contributed by atoms with Crippen LogP contribution in [0.1, 0.15) is 47.2 Å². The monoisotopic (exact) mass is 450 g/mol. The van der Waals surface area contributed by atoms with Crippen LogP contribution in [0.5, 0.6) is 5.75 Å². The smallest absolute Gasteiger partial charge is 0.249 e. The van der Waals surface area contributed by atoms with E-state index in [9.17, 15) is 9.18 Å². The molecule has 2 heterocycles. The maximum absolute atomic E-state index is 13.8. The average Bonchev–Trinajstić information content (AvgIpc) is 3.17. The van der Waals surface area contributed by atoms with Gasteiger partial charge in [-0.1, -0.05) is 6.42 Å². The predicted octanol–water partition coefficient (Wildman–Crippen LogP) is 4.14. The minimum Gasteiger partial charge on any atom is -0.489 e. The van der Waals surface area contributed by atoms with Crippen molar-refractivity contribution in [3.8, 4) is 5.75 Å². The SMILES string of the molecule is CNc1ccc(C(N)=O)c2c1OCC(NC(CCc1c[nH]c3ccc(F)cc13)C1CCC1)C2. The van der Waals surface area contributed by atoms with Crippen LogP contribution in [0.2, 0.25) is 0 Å². The lowest BCUT2D eigenvalue weighted by Gasteiger charge is -2.38. The third kappa shape index (κ3) is 4.29. The second-order valence-electron chi connectivity index (χ2n) is 9.30. The molecule has 6 nitrogen and oxygen atoms in total. The lowest BCUT2D eigenvalue weighted by molar-refractivity contribution is 0.0997. The summed E-state index contributed by atoms with van der Waals surface area (Å²) < 4.78 is 19.9. The van der Waals surface area contributed by atoms with E-state index in [2.05, 4.69) is 15.6 Å². The van der Waals surface area contributed by atoms with Gasteiger partial charge in [-0.05, 0) is 73.9 Å². The highest BCUT2D eigenvalue weighted by Crippen LogP contribution is 2.37. The Kier molecular flexibility index (Phi) is 5.98. The van der Waals surface area contributed by atoms with E-state index >= 15 is 0 Å². The average molecular weight is 451 g/mol. The van der Waals surface area contributed by atoms with Gasteiger partial charge in [0, 0.05) is 47.4 Å². The molecule has 0 spiro atoms. The second-order valence-corrected chi connectivity index (χ2v) is 9.30. The summed E-state index contributed by atoms with van der Waals surface area (Å²) in [6.45, 7) is 0.547. The van der Waals surface area contributed by atoms with Gasteiger partial charge in [0.1, 0.15) is 18.2 Å². The number of ether oxygens (including phenoxy) is 1. The molecule has 3 aromatic rings. The van der Waals surface area contributed by atoms with Crippen molar-refractivity contribution in [3.63, 3.8) is 0 Å². The maximum Gasteiger partial charge on any atom is 0.249 e. The minimum absolute atomic E-state index is 0.105. The van der Waals surface area contributed by atoms with E-state index in [0.29, 0.717) is 30.6 Å². The Balaban J connectivity index is 1.32. The number of fused-ring (bicyclic) bond motifs is 2. The van der Waals surface area contributed by atoms with Crippen LogP contribution in [0.15, 0.2) is 36.5 Å². The quantitative estimate of drug-likeness (QED) is 0.415. The molecule has 33 heavy (non-hydrogen) atoms. The molecule has 1 aliphatic heterocycles. The first-order valence-electron chi connectivity index (χ1n) is 11.8. The number of aromatic amines is 1. The number of aryl methyl sites for hydroxylation is 1. The highest BCUT2D eigenvalue weighted by molar-refractivity contribution is 5.96. The van der Waals surface area contributed by atoms with E-state index in [0.717, 1.165) is 46.3 Å². The van der Waals surface area contributed by atoms with Crippen molar-refractivity contribution in [1.29, 1.82) is 0 Å². The number of carbonyl (C=O) groups is 1. The van der Waals surface area contributed by atoms with Crippen molar-refractivity contribution in [2.24, 2.45) is 11.7 Å². The molecule has 1 aromatic heterocycles. The molecule has 2 aliphatic rings. The van der Waals surface area contributed by atoms with Crippen LogP contribution in [0.4, 0.5) is 10.1 Å². The summed E-state index contributed by atoms with van der Waals surface area (Å²) in [7, 11) is 1.84. The number of carbonyl (C=O) groups excluding carboxylic acids is 1. The molecule has 1 saturated carbocycles. The van der Waals surface area contributed by atoms with Crippen molar-refractivity contribution in [1.82, 2.24) is 10.3 Å². The number of amides is 1. The molecule has 2 aromatic carbocycles. The molecule has 5 N–H and O–H groups in total. The van der Waals surface area contributed by atoms with Gasteiger partial charge in [0.25, 0.3) is 0 Å². The van der Waals surface area contributed by atoms with E-state index in [-0.39, 0.29) is 11.9 Å². The summed E-state index contributed by atoms with van der Waals surface area (Å²) in [4.78, 5) is 15.3. The van der Waals surface area contributed by atoms with E-state index in [1.54, 1.807) is 18.2 Å². The molecular weight excluding hydrogens is 419 g/mol. The Bertz CT molecular complexity index is 1170. The number of nitrogens with two attached hydrogens (primary N) is 1. The van der Waals surface area contributed by atoms with Gasteiger partial charge >= 0.3 is 0 Å². The van der Waals surface area contributed by atoms with Crippen molar-refractivity contribution in [2.45, 2.75) is 50.6 Å². The fraction of sp³-hybridized carbons (Fsp3) is 0.423. The van der Waals surface area contributed by atoms with Crippen molar-refractivity contribution < 1.29 is 13.9 Å². The molecule has 0 saturated heterocycles. The van der Waals surface area contributed by atoms with Crippen molar-refractivity contribution in [3.05, 3.63) is 59.0 Å². The van der Waals surface area contributed by atoms with Crippen LogP contribution in [-0.2, 0) is 12.8 Å². The zero-order chi connectivity index (χ0) is 22.9. The van der Waals surface area contributed by atoms with E-state index < -0.39 is 5.91 Å². The van der Waals surface area contributed by atoms with Crippen LogP contribution < -0.4 is 21.1 Å². The Morgan fingerprint density at radius 1 is 1.30 bits per heavy atom. The normalized spacial score (nSPS) is 18.9. The number of nitrogens with one attached hydrogen (secondary N) is 3. The first-order valence-corrected chi connectivity index (χ1v) is 11.8. The molecule has 0 radical (unpaired) electrons. The number of rotatable bonds is 8. The number of hydrogen-bond donors (Lipinski definition) is 4. The number of benzene rings is 2. The lowest BCUT2D eigenvalue weighted by atomic mass is 9.77. The number of aromatic nitrogens is 1. The molecular formula is C26H31FN4O2. The number of primary amides is 1. The molecule has 1 fully saturated rings. The number of hydrogen-bond acceptors (Lipinski definition) is 4. The molecule has 2 atom stereocenters. The molecule has 5 rings (SSSR count). The summed E-state index contributed by atoms with van der Waals surface area (Å²) in [5.74, 6) is 0.724. The van der Waals surface area contributed by atoms with Gasteiger partial charge in [0.05, 0.1) is 5.69 Å². The van der Waals surface area contributed by atoms with E-state index in [4.69, 9.17) is 10.5 Å². The van der Waals surface area contributed by atoms with Crippen molar-refractivity contribution >= 4 is 22.5 Å². The van der Waals surface area contributed by atoms with Gasteiger partial charge in [-0.25, -0.2) is 4.39 Å². The van der Waals surface area contributed by atoms with Crippen molar-refractivity contribution in [2.75, 3.05) is 19.0 Å². The van der Waals surface area contributed by atoms with Crippen LogP contribution in [0.25, 0.3) is 10.9 Å². The topological polar surface area (TPSA) is 92.2 Å². The summed E-state index contributed by atoms with van der Waals surface area (Å²) in [6, 6.07) is 8.96. The van der Waals surface area contributed by atoms with E-state index in [1.165, 1.54) is 25.3 Å². The van der Waals surface area contributed by atoms with E-state index in [1.807, 2.05) is 19.3 Å². The molecule has 0 bridgehead atoms. The number of halogens is 1. The summed E-state index contributed by atoms with van der Waals surface area (Å²) in [6.07, 6.45) is 8.25. The Labute approximate surface area is 193 Å². The molecule has 2 unspecified atom stereocenters. The number of H-pyrrole nitrogens is 1. The highest BCUT2D eigenvalue weighted by Gasteiger charge is 2.32. The Morgan fingerprint density at radius 2 is 2.15 bits per heavy atom. The maximum atomic E-state index is 13.8. The van der Waals surface area contributed by atoms with Gasteiger partial charge < -0.3 is 26.1 Å². The third-order valence-electron chi connectivity index (χ3n) is 7.30. The van der Waals surface area contributed by atoms with Crippen LogP contribution in [0, 0.1) is 11.7 Å². The van der Waals surface area contributed by atoms with Gasteiger partial charge in [-0.2, -0.15) is 0 Å². The zero-order valence-electron chi connectivity index (χ0n) is 18.9. The fourth-order valence-electron chi connectivity index (χ4n) is 5.29. The van der Waals surface area contributed by atoms with Gasteiger partial charge in [0.2, 0.25) is 5.91 Å². The Hall–Kier alpha value is -3.06. The minimum atomic E-state index is -0.430. The van der Waals surface area contributed by atoms with Crippen LogP contribution in [-0.4, -0.2) is 36.6 Å². The first-order chi connectivity index (χ1) is 16.0. The number of anilines is 1. The predicted molar refractivity (Wildman–Crippen MR) is 128 cm³/mol. The molecule has 1 aliphatic carbocycles. The van der Waals surface area contributed by atoms with Gasteiger partial charge in [-0.3, -0.25) is 4.79 Å². The summed E-state index contributed by atoms with van der Waals surface area (Å²) in [5, 5.41) is 7.94. The summed E-state index contributed by atoms with van der Waals surface area (Å²) in [5.41, 5.74) is 10.0. The van der Waals surface area contributed by atoms with Crippen LogP contribution >= 0.6 is 0 Å². The first kappa shape index (κ1) is 21.8. The molecule has 1 amide bonds. The van der Waals surface area contributed by atoms with Gasteiger partial charge in [-0.15, -0.1) is 0 Å². The van der Waals surface area contributed by atoms with Gasteiger partial charge in [0.15, 0.2) is 0 Å². The summed E-state index contributed by atoms with van der Waals surface area (Å²) >= 11 is 0. The largest absolute Gasteiger partial charge is 0.489 e. The fourth-order valence-corrected chi connectivity index (χ4v) is 5.29.